The maximum Gasteiger partial charge on any atom is 0.261 e. The predicted molar refractivity (Wildman–Crippen MR) is 127 cm³/mol. The van der Waals surface area contributed by atoms with E-state index in [0.717, 1.165) is 33.4 Å². The van der Waals surface area contributed by atoms with Crippen molar-refractivity contribution >= 4 is 35.0 Å². The molecule has 33 heavy (non-hydrogen) atoms. The largest absolute Gasteiger partial charge is 0.269 e. The first kappa shape index (κ1) is 22.4. The topological polar surface area (TPSA) is 74.8 Å². The van der Waals surface area contributed by atoms with Crippen LogP contribution in [-0.2, 0) is 25.6 Å². The Bertz CT molecular complexity index is 1180. The molecule has 2 aliphatic rings. The van der Waals surface area contributed by atoms with Gasteiger partial charge in [0.2, 0.25) is 0 Å². The highest BCUT2D eigenvalue weighted by molar-refractivity contribution is 6.31. The van der Waals surface area contributed by atoms with E-state index in [4.69, 9.17) is 0 Å². The Hall–Kier alpha value is -3.80. The normalized spacial score (nSPS) is 16.2. The summed E-state index contributed by atoms with van der Waals surface area (Å²) in [6, 6.07) is 7.98. The Kier molecular flexibility index (Phi) is 5.40. The monoisotopic (exact) mass is 442 g/mol. The number of anilines is 2. The molecule has 2 aromatic carbocycles. The molecule has 0 saturated heterocycles. The number of nitrogens with zero attached hydrogens (tertiary/aromatic N) is 2. The van der Waals surface area contributed by atoms with Gasteiger partial charge in [0.1, 0.15) is 0 Å². The summed E-state index contributed by atoms with van der Waals surface area (Å²) in [4.78, 5) is 52.1. The molecule has 0 spiro atoms. The molecule has 0 unspecified atom stereocenters. The lowest BCUT2D eigenvalue weighted by Gasteiger charge is -2.22. The molecule has 0 aliphatic carbocycles. The van der Waals surface area contributed by atoms with Crippen LogP contribution >= 0.6 is 0 Å². The Morgan fingerprint density at radius 2 is 0.848 bits per heavy atom. The molecule has 2 heterocycles. The summed E-state index contributed by atoms with van der Waals surface area (Å²) in [5, 5.41) is 0. The second-order valence-corrected chi connectivity index (χ2v) is 8.95. The van der Waals surface area contributed by atoms with Crippen LogP contribution in [0.15, 0.2) is 47.6 Å². The van der Waals surface area contributed by atoms with E-state index in [9.17, 15) is 19.2 Å². The zero-order valence-electron chi connectivity index (χ0n) is 19.7. The molecular formula is C27H26N2O4. The van der Waals surface area contributed by atoms with Crippen LogP contribution in [-0.4, -0.2) is 23.6 Å². The summed E-state index contributed by atoms with van der Waals surface area (Å²) >= 11 is 0. The molecular weight excluding hydrogens is 416 g/mol. The average molecular weight is 443 g/mol. The van der Waals surface area contributed by atoms with Gasteiger partial charge in [-0.1, -0.05) is 24.3 Å². The zero-order valence-corrected chi connectivity index (χ0v) is 19.7. The number of imide groups is 2. The van der Waals surface area contributed by atoms with Crippen molar-refractivity contribution in [2.45, 2.75) is 48.0 Å². The minimum Gasteiger partial charge on any atom is -0.269 e. The van der Waals surface area contributed by atoms with Gasteiger partial charge in [-0.3, -0.25) is 19.2 Å². The van der Waals surface area contributed by atoms with Crippen molar-refractivity contribution in [2.24, 2.45) is 0 Å². The minimum absolute atomic E-state index is 0.281. The second-order valence-electron chi connectivity index (χ2n) is 8.95. The van der Waals surface area contributed by atoms with Crippen LogP contribution < -0.4 is 9.80 Å². The number of carbonyl (C=O) groups excluding carboxylic acids is 4. The average Bonchev–Trinajstić information content (AvgIpc) is 3.10. The third-order valence-corrected chi connectivity index (χ3v) is 6.16. The zero-order chi connectivity index (χ0) is 24.2. The standard InChI is InChI=1S/C27H26N2O4/c1-14-7-20(8-15(2)24(14)28-22(30)11-18(5)26(28)32)13-21-9-16(3)25(17(4)10-21)29-23(31)12-19(6)27(29)33/h7-12H,13H2,1-6H3. The third-order valence-electron chi connectivity index (χ3n) is 6.16. The Morgan fingerprint density at radius 3 is 1.09 bits per heavy atom. The van der Waals surface area contributed by atoms with E-state index in [2.05, 4.69) is 0 Å². The molecule has 4 amide bonds. The first-order valence-corrected chi connectivity index (χ1v) is 10.8. The molecule has 0 aromatic heterocycles. The molecule has 6 nitrogen and oxygen atoms in total. The highest BCUT2D eigenvalue weighted by Gasteiger charge is 2.33. The smallest absolute Gasteiger partial charge is 0.261 e. The molecule has 0 atom stereocenters. The highest BCUT2D eigenvalue weighted by atomic mass is 16.2. The van der Waals surface area contributed by atoms with E-state index >= 15 is 0 Å². The number of carbonyl (C=O) groups is 4. The maximum atomic E-state index is 12.5. The van der Waals surface area contributed by atoms with Crippen LogP contribution in [0.3, 0.4) is 0 Å². The van der Waals surface area contributed by atoms with Gasteiger partial charge in [0, 0.05) is 23.3 Å². The lowest BCUT2D eigenvalue weighted by Crippen LogP contribution is -2.32. The van der Waals surface area contributed by atoms with Gasteiger partial charge in [-0.05, 0) is 81.3 Å². The lowest BCUT2D eigenvalue weighted by atomic mass is 9.95. The predicted octanol–water partition coefficient (Wildman–Crippen LogP) is 4.15. The summed E-state index contributed by atoms with van der Waals surface area (Å²) in [6.07, 6.45) is 3.38. The van der Waals surface area contributed by atoms with E-state index in [-0.39, 0.29) is 23.6 Å². The quantitative estimate of drug-likeness (QED) is 0.667. The van der Waals surface area contributed by atoms with Crippen LogP contribution in [0.25, 0.3) is 0 Å². The van der Waals surface area contributed by atoms with E-state index < -0.39 is 0 Å². The van der Waals surface area contributed by atoms with E-state index in [1.54, 1.807) is 13.8 Å². The fourth-order valence-corrected chi connectivity index (χ4v) is 4.84. The van der Waals surface area contributed by atoms with Gasteiger partial charge in [0.25, 0.3) is 23.6 Å². The number of benzene rings is 2. The van der Waals surface area contributed by atoms with Crippen molar-refractivity contribution in [2.75, 3.05) is 9.80 Å². The van der Waals surface area contributed by atoms with E-state index in [1.165, 1.54) is 22.0 Å². The van der Waals surface area contributed by atoms with Crippen LogP contribution in [0.2, 0.25) is 0 Å². The van der Waals surface area contributed by atoms with E-state index in [1.807, 2.05) is 52.0 Å². The molecule has 6 heteroatoms. The number of rotatable bonds is 4. The van der Waals surface area contributed by atoms with Crippen molar-refractivity contribution in [1.29, 1.82) is 0 Å². The second kappa shape index (κ2) is 7.96. The molecule has 0 saturated carbocycles. The summed E-state index contributed by atoms with van der Waals surface area (Å²) in [5.74, 6) is -1.18. The van der Waals surface area contributed by atoms with Crippen LogP contribution in [0.4, 0.5) is 11.4 Å². The fraction of sp³-hybridized carbons (Fsp3) is 0.259. The van der Waals surface area contributed by atoms with Gasteiger partial charge in [0.05, 0.1) is 11.4 Å². The van der Waals surface area contributed by atoms with Gasteiger partial charge in [-0.15, -0.1) is 0 Å². The van der Waals surface area contributed by atoms with Gasteiger partial charge in [-0.25, -0.2) is 9.80 Å². The van der Waals surface area contributed by atoms with Gasteiger partial charge in [-0.2, -0.15) is 0 Å². The van der Waals surface area contributed by atoms with Crippen molar-refractivity contribution < 1.29 is 19.2 Å². The Balaban J connectivity index is 1.64. The number of hydrogen-bond acceptors (Lipinski definition) is 4. The van der Waals surface area contributed by atoms with Crippen molar-refractivity contribution in [3.05, 3.63) is 80.9 Å². The van der Waals surface area contributed by atoms with E-state index in [0.29, 0.717) is 28.9 Å². The summed E-state index contributed by atoms with van der Waals surface area (Å²) in [5.41, 5.74) is 7.68. The molecule has 168 valence electrons. The van der Waals surface area contributed by atoms with Crippen molar-refractivity contribution in [3.63, 3.8) is 0 Å². The Morgan fingerprint density at radius 1 is 0.545 bits per heavy atom. The number of aryl methyl sites for hydroxylation is 4. The molecule has 2 aliphatic heterocycles. The summed E-state index contributed by atoms with van der Waals surface area (Å²) in [7, 11) is 0. The summed E-state index contributed by atoms with van der Waals surface area (Å²) < 4.78 is 0. The molecule has 0 N–H and O–H groups in total. The van der Waals surface area contributed by atoms with Gasteiger partial charge < -0.3 is 0 Å². The Labute approximate surface area is 193 Å². The minimum atomic E-state index is -0.311. The van der Waals surface area contributed by atoms with Crippen LogP contribution in [0.5, 0.6) is 0 Å². The number of amides is 4. The van der Waals surface area contributed by atoms with Crippen molar-refractivity contribution in [3.8, 4) is 0 Å². The molecule has 0 bridgehead atoms. The summed E-state index contributed by atoms with van der Waals surface area (Å²) in [6.45, 7) is 10.9. The number of hydrogen-bond donors (Lipinski definition) is 0. The SMILES string of the molecule is CC1=CC(=O)N(c2c(C)cc(Cc3cc(C)c(N4C(=O)C=C(C)C4=O)c(C)c3)cc2C)C1=O. The fourth-order valence-electron chi connectivity index (χ4n) is 4.84. The van der Waals surface area contributed by atoms with Crippen molar-refractivity contribution in [1.82, 2.24) is 0 Å². The molecule has 0 radical (unpaired) electrons. The molecule has 2 aromatic rings. The first-order chi connectivity index (χ1) is 15.5. The molecule has 0 fully saturated rings. The van der Waals surface area contributed by atoms with Gasteiger partial charge >= 0.3 is 0 Å². The maximum absolute atomic E-state index is 12.5. The highest BCUT2D eigenvalue weighted by Crippen LogP contribution is 2.33. The van der Waals surface area contributed by atoms with Crippen LogP contribution in [0, 0.1) is 27.7 Å². The third kappa shape index (κ3) is 3.71. The van der Waals surface area contributed by atoms with Crippen LogP contribution in [0.1, 0.15) is 47.2 Å². The molecule has 4 rings (SSSR count). The lowest BCUT2D eigenvalue weighted by molar-refractivity contribution is -0.121. The first-order valence-electron chi connectivity index (χ1n) is 10.8. The van der Waals surface area contributed by atoms with Gasteiger partial charge in [0.15, 0.2) is 0 Å².